The third kappa shape index (κ3) is 23.7. The minimum Gasteiger partial charge on any atom is -0.872 e. The number of unbranched alkanes of at least 4 members (excludes halogenated alkanes) is 26. The van der Waals surface area contributed by atoms with Gasteiger partial charge in [-0.05, 0) is 43.2 Å². The van der Waals surface area contributed by atoms with Crippen LogP contribution in [-0.2, 0) is 19.3 Å². The van der Waals surface area contributed by atoms with Crippen LogP contribution in [-0.4, -0.2) is 37.7 Å². The number of benzene rings is 2. The minimum absolute atomic E-state index is 0. The van der Waals surface area contributed by atoms with Gasteiger partial charge < -0.3 is 10.2 Å². The molecule has 0 aliphatic carbocycles. The summed E-state index contributed by atoms with van der Waals surface area (Å²) in [5.74, 6) is 0.123. The predicted molar refractivity (Wildman–Crippen MR) is 208 cm³/mol. The molecule has 0 saturated heterocycles. The summed E-state index contributed by atoms with van der Waals surface area (Å²) in [6.07, 6.45) is 40.8. The molecule has 0 bridgehead atoms. The molecule has 2 nitrogen and oxygen atoms in total. The first-order valence-electron chi connectivity index (χ1n) is 20.7. The van der Waals surface area contributed by atoms with Crippen molar-refractivity contribution in [1.29, 1.82) is 0 Å². The van der Waals surface area contributed by atoms with Gasteiger partial charge in [0.05, 0.1) is 0 Å². The average Bonchev–Trinajstić information content (AvgIpc) is 3.07. The molecule has 48 heavy (non-hydrogen) atoms. The molecule has 2 aromatic rings. The van der Waals surface area contributed by atoms with E-state index in [1.165, 1.54) is 191 Å². The van der Waals surface area contributed by atoms with Crippen molar-refractivity contribution in [2.45, 2.75) is 213 Å². The molecule has 0 unspecified atom stereocenters. The van der Waals surface area contributed by atoms with E-state index in [1.54, 1.807) is 12.1 Å². The van der Waals surface area contributed by atoms with E-state index in [0.29, 0.717) is 6.42 Å². The van der Waals surface area contributed by atoms with Crippen molar-refractivity contribution in [2.75, 3.05) is 0 Å². The smallest absolute Gasteiger partial charge is 0.872 e. The van der Waals surface area contributed by atoms with Crippen LogP contribution in [0.1, 0.15) is 216 Å². The number of hydrogen-bond acceptors (Lipinski definition) is 2. The largest absolute Gasteiger partial charge is 2.00 e. The molecule has 0 spiro atoms. The van der Waals surface area contributed by atoms with Crippen LogP contribution in [0, 0.1) is 0 Å². The van der Waals surface area contributed by atoms with Crippen molar-refractivity contribution >= 4 is 37.7 Å². The van der Waals surface area contributed by atoms with Gasteiger partial charge in [0.15, 0.2) is 0 Å². The minimum atomic E-state index is 0. The second-order valence-electron chi connectivity index (χ2n) is 14.8. The summed E-state index contributed by atoms with van der Waals surface area (Å²) in [7, 11) is 0. The van der Waals surface area contributed by atoms with E-state index in [-0.39, 0.29) is 49.2 Å². The number of hydrogen-bond donors (Lipinski definition) is 0. The quantitative estimate of drug-likeness (QED) is 0.0568. The third-order valence-corrected chi connectivity index (χ3v) is 10.3. The molecule has 0 aromatic heterocycles. The third-order valence-electron chi connectivity index (χ3n) is 10.3. The average molecular weight is 687 g/mol. The van der Waals surface area contributed by atoms with Crippen molar-refractivity contribution < 1.29 is 10.2 Å². The second-order valence-corrected chi connectivity index (χ2v) is 14.8. The molecule has 0 amide bonds. The molecular formula is C45H74CaO2. The Kier molecular flexibility index (Phi) is 30.4. The van der Waals surface area contributed by atoms with Crippen LogP contribution >= 0.6 is 0 Å². The fourth-order valence-corrected chi connectivity index (χ4v) is 7.11. The summed E-state index contributed by atoms with van der Waals surface area (Å²) < 4.78 is 0. The van der Waals surface area contributed by atoms with Crippen LogP contribution in [0.3, 0.4) is 0 Å². The molecule has 0 atom stereocenters. The monoisotopic (exact) mass is 687 g/mol. The van der Waals surface area contributed by atoms with Crippen molar-refractivity contribution in [2.24, 2.45) is 0 Å². The topological polar surface area (TPSA) is 46.1 Å². The van der Waals surface area contributed by atoms with Crippen LogP contribution in [0.2, 0.25) is 0 Å². The Morgan fingerprint density at radius 2 is 0.604 bits per heavy atom. The first kappa shape index (κ1) is 45.3. The van der Waals surface area contributed by atoms with Crippen molar-refractivity contribution in [3.05, 3.63) is 58.7 Å². The standard InChI is InChI=1S/C45H76O2.Ca/c1-3-5-7-9-11-13-15-17-19-21-23-25-27-29-31-40-33-35-44(46)42(37-40)39-43-38-41(34-36-45(43)47)32-30-28-26-24-22-20-18-16-14-12-10-8-6-4-2;/h33-38,46-47H,3-32,39H2,1-2H3;/q;+2/p-2. The van der Waals surface area contributed by atoms with Gasteiger partial charge in [0, 0.05) is 0 Å². The molecule has 268 valence electrons. The van der Waals surface area contributed by atoms with Crippen molar-refractivity contribution in [3.8, 4) is 11.5 Å². The number of rotatable bonds is 32. The molecule has 2 rings (SSSR count). The van der Waals surface area contributed by atoms with E-state index < -0.39 is 0 Å². The van der Waals surface area contributed by atoms with E-state index in [1.807, 2.05) is 12.1 Å². The molecule has 2 aromatic carbocycles. The summed E-state index contributed by atoms with van der Waals surface area (Å²) in [4.78, 5) is 0. The Morgan fingerprint density at radius 3 is 0.875 bits per heavy atom. The summed E-state index contributed by atoms with van der Waals surface area (Å²) in [6, 6.07) is 11.6. The van der Waals surface area contributed by atoms with E-state index in [9.17, 15) is 10.2 Å². The molecule has 0 aliphatic heterocycles. The van der Waals surface area contributed by atoms with Gasteiger partial charge in [0.1, 0.15) is 0 Å². The van der Waals surface area contributed by atoms with Gasteiger partial charge in [-0.15, -0.1) is 11.5 Å². The van der Waals surface area contributed by atoms with E-state index >= 15 is 0 Å². The van der Waals surface area contributed by atoms with Crippen LogP contribution in [0.4, 0.5) is 0 Å². The molecule has 0 N–H and O–H groups in total. The zero-order valence-corrected chi connectivity index (χ0v) is 34.1. The number of aryl methyl sites for hydroxylation is 2. The molecule has 0 radical (unpaired) electrons. The first-order chi connectivity index (χ1) is 23.1. The van der Waals surface area contributed by atoms with Crippen molar-refractivity contribution in [1.82, 2.24) is 0 Å². The molecule has 0 heterocycles. The van der Waals surface area contributed by atoms with Crippen LogP contribution in [0.5, 0.6) is 11.5 Å². The molecular weight excluding hydrogens is 613 g/mol. The Labute approximate surface area is 328 Å². The van der Waals surface area contributed by atoms with Gasteiger partial charge >= 0.3 is 37.7 Å². The summed E-state index contributed by atoms with van der Waals surface area (Å²) in [6.45, 7) is 4.57. The Morgan fingerprint density at radius 1 is 0.354 bits per heavy atom. The van der Waals surface area contributed by atoms with Crippen molar-refractivity contribution in [3.63, 3.8) is 0 Å². The van der Waals surface area contributed by atoms with E-state index in [4.69, 9.17) is 0 Å². The summed E-state index contributed by atoms with van der Waals surface area (Å²) >= 11 is 0. The van der Waals surface area contributed by atoms with Crippen LogP contribution in [0.15, 0.2) is 36.4 Å². The molecule has 3 heteroatoms. The Bertz CT molecular complexity index is 923. The molecule has 0 fully saturated rings. The Balaban J connectivity index is 0.0000115. The summed E-state index contributed by atoms with van der Waals surface area (Å²) in [5.41, 5.74) is 4.03. The fraction of sp³-hybridized carbons (Fsp3) is 0.733. The van der Waals surface area contributed by atoms with E-state index in [0.717, 1.165) is 24.0 Å². The maximum atomic E-state index is 12.7. The first-order valence-corrected chi connectivity index (χ1v) is 20.7. The normalized spacial score (nSPS) is 11.2. The van der Waals surface area contributed by atoms with Gasteiger partial charge in [-0.2, -0.15) is 0 Å². The van der Waals surface area contributed by atoms with Gasteiger partial charge in [-0.1, -0.05) is 228 Å². The maximum absolute atomic E-state index is 12.7. The van der Waals surface area contributed by atoms with Gasteiger partial charge in [0.2, 0.25) is 0 Å². The van der Waals surface area contributed by atoms with Gasteiger partial charge in [-0.25, -0.2) is 0 Å². The van der Waals surface area contributed by atoms with E-state index in [2.05, 4.69) is 26.0 Å². The van der Waals surface area contributed by atoms with Crippen LogP contribution in [0.25, 0.3) is 0 Å². The zero-order valence-electron chi connectivity index (χ0n) is 31.9. The Hall–Kier alpha value is -0.700. The van der Waals surface area contributed by atoms with Gasteiger partial charge in [0.25, 0.3) is 0 Å². The molecule has 0 saturated carbocycles. The van der Waals surface area contributed by atoms with Gasteiger partial charge in [-0.3, -0.25) is 0 Å². The predicted octanol–water partition coefficient (Wildman–Crippen LogP) is 13.1. The van der Waals surface area contributed by atoms with Crippen LogP contribution < -0.4 is 10.2 Å². The SMILES string of the molecule is CCCCCCCCCCCCCCCCc1ccc([O-])c(Cc2cc(CCCCCCCCCCCCCCCC)ccc2[O-])c1.[Ca+2]. The fourth-order valence-electron chi connectivity index (χ4n) is 7.11. The maximum Gasteiger partial charge on any atom is 2.00 e. The molecule has 0 aliphatic rings. The second kappa shape index (κ2) is 32.2. The zero-order chi connectivity index (χ0) is 33.6. The summed E-state index contributed by atoms with van der Waals surface area (Å²) in [5, 5.41) is 25.4.